The minimum absolute atomic E-state index is 0.365. The van der Waals surface area contributed by atoms with Gasteiger partial charge in [-0.05, 0) is 33.1 Å². The number of unbranched alkanes of at least 4 members (excludes halogenated alkanes) is 1. The lowest BCUT2D eigenvalue weighted by molar-refractivity contribution is -0.143. The highest BCUT2D eigenvalue weighted by atomic mass is 16.6. The molecule has 0 aromatic rings. The standard InChI is InChI=1S/C14H25NO4/c1-5-6-10-19-14(17)15-12(13(16)18-4)9-7-8-11(2)3/h8,12H,5-7,9-10H2,1-4H3,(H,15,17). The van der Waals surface area contributed by atoms with Crippen molar-refractivity contribution in [2.45, 2.75) is 52.5 Å². The summed E-state index contributed by atoms with van der Waals surface area (Å²) >= 11 is 0. The molecule has 0 aliphatic heterocycles. The highest BCUT2D eigenvalue weighted by Gasteiger charge is 2.21. The number of rotatable bonds is 8. The van der Waals surface area contributed by atoms with E-state index in [4.69, 9.17) is 4.74 Å². The second kappa shape index (κ2) is 10.4. The Kier molecular flexibility index (Phi) is 9.57. The number of alkyl carbamates (subject to hydrolysis) is 1. The van der Waals surface area contributed by atoms with Crippen LogP contribution in [0.2, 0.25) is 0 Å². The molecular formula is C14H25NO4. The van der Waals surface area contributed by atoms with Gasteiger partial charge in [-0.15, -0.1) is 0 Å². The van der Waals surface area contributed by atoms with Crippen molar-refractivity contribution in [3.05, 3.63) is 11.6 Å². The zero-order valence-electron chi connectivity index (χ0n) is 12.3. The molecular weight excluding hydrogens is 246 g/mol. The maximum atomic E-state index is 11.5. The molecule has 0 fully saturated rings. The Morgan fingerprint density at radius 1 is 1.32 bits per heavy atom. The maximum Gasteiger partial charge on any atom is 0.407 e. The third-order valence-electron chi connectivity index (χ3n) is 2.52. The fraction of sp³-hybridized carbons (Fsp3) is 0.714. The topological polar surface area (TPSA) is 64.6 Å². The predicted molar refractivity (Wildman–Crippen MR) is 73.9 cm³/mol. The summed E-state index contributed by atoms with van der Waals surface area (Å²) < 4.78 is 9.63. The number of carbonyl (C=O) groups excluding carboxylic acids is 2. The lowest BCUT2D eigenvalue weighted by Gasteiger charge is -2.15. The van der Waals surface area contributed by atoms with E-state index in [1.165, 1.54) is 12.7 Å². The summed E-state index contributed by atoms with van der Waals surface area (Å²) in [4.78, 5) is 23.0. The van der Waals surface area contributed by atoms with Crippen molar-refractivity contribution in [3.8, 4) is 0 Å². The van der Waals surface area contributed by atoms with Crippen LogP contribution in [0.1, 0.15) is 46.5 Å². The first-order valence-electron chi connectivity index (χ1n) is 6.65. The molecule has 0 saturated heterocycles. The van der Waals surface area contributed by atoms with Crippen LogP contribution in [-0.4, -0.2) is 31.8 Å². The fourth-order valence-corrected chi connectivity index (χ4v) is 1.42. The quantitative estimate of drug-likeness (QED) is 0.419. The van der Waals surface area contributed by atoms with Crippen LogP contribution in [0.3, 0.4) is 0 Å². The first-order valence-corrected chi connectivity index (χ1v) is 6.65. The van der Waals surface area contributed by atoms with Gasteiger partial charge in [-0.25, -0.2) is 9.59 Å². The highest BCUT2D eigenvalue weighted by molar-refractivity contribution is 5.81. The summed E-state index contributed by atoms with van der Waals surface area (Å²) in [7, 11) is 1.31. The summed E-state index contributed by atoms with van der Waals surface area (Å²) in [6, 6.07) is -0.658. The van der Waals surface area contributed by atoms with Gasteiger partial charge >= 0.3 is 12.1 Å². The maximum absolute atomic E-state index is 11.5. The normalized spacial score (nSPS) is 11.4. The molecule has 0 aliphatic rings. The molecule has 110 valence electrons. The largest absolute Gasteiger partial charge is 0.467 e. The Morgan fingerprint density at radius 2 is 2.00 bits per heavy atom. The lowest BCUT2D eigenvalue weighted by atomic mass is 10.1. The van der Waals surface area contributed by atoms with Gasteiger partial charge in [0, 0.05) is 0 Å². The smallest absolute Gasteiger partial charge is 0.407 e. The number of allylic oxidation sites excluding steroid dienone is 2. The fourth-order valence-electron chi connectivity index (χ4n) is 1.42. The second-order valence-corrected chi connectivity index (χ2v) is 4.57. The molecule has 0 bridgehead atoms. The number of nitrogens with one attached hydrogen (secondary N) is 1. The van der Waals surface area contributed by atoms with Crippen LogP contribution in [0, 0.1) is 0 Å². The van der Waals surface area contributed by atoms with Crippen LogP contribution in [0.15, 0.2) is 11.6 Å². The average Bonchev–Trinajstić information content (AvgIpc) is 2.36. The Morgan fingerprint density at radius 3 is 2.53 bits per heavy atom. The monoisotopic (exact) mass is 271 g/mol. The van der Waals surface area contributed by atoms with Crippen LogP contribution in [0.25, 0.3) is 0 Å². The van der Waals surface area contributed by atoms with E-state index < -0.39 is 18.1 Å². The summed E-state index contributed by atoms with van der Waals surface area (Å²) in [5.41, 5.74) is 1.18. The molecule has 0 rings (SSSR count). The van der Waals surface area contributed by atoms with Crippen molar-refractivity contribution >= 4 is 12.1 Å². The minimum Gasteiger partial charge on any atom is -0.467 e. The van der Waals surface area contributed by atoms with E-state index in [2.05, 4.69) is 10.1 Å². The number of amides is 1. The summed E-state index contributed by atoms with van der Waals surface area (Å²) in [5.74, 6) is -0.449. The van der Waals surface area contributed by atoms with Gasteiger partial charge in [-0.1, -0.05) is 25.0 Å². The number of ether oxygens (including phenoxy) is 2. The molecule has 1 atom stereocenters. The highest BCUT2D eigenvalue weighted by Crippen LogP contribution is 2.04. The molecule has 0 saturated carbocycles. The van der Waals surface area contributed by atoms with Crippen molar-refractivity contribution < 1.29 is 19.1 Å². The van der Waals surface area contributed by atoms with Gasteiger partial charge in [0.1, 0.15) is 6.04 Å². The number of carbonyl (C=O) groups is 2. The first kappa shape index (κ1) is 17.5. The van der Waals surface area contributed by atoms with E-state index in [-0.39, 0.29) is 0 Å². The third kappa shape index (κ3) is 9.11. The SMILES string of the molecule is CCCCOC(=O)NC(CCC=C(C)C)C(=O)OC. The molecule has 0 aliphatic carbocycles. The van der Waals surface area contributed by atoms with E-state index in [0.717, 1.165) is 12.8 Å². The molecule has 0 heterocycles. The molecule has 5 heteroatoms. The average molecular weight is 271 g/mol. The van der Waals surface area contributed by atoms with Gasteiger partial charge < -0.3 is 14.8 Å². The van der Waals surface area contributed by atoms with E-state index in [0.29, 0.717) is 19.4 Å². The summed E-state index contributed by atoms with van der Waals surface area (Å²) in [6.45, 7) is 6.35. The minimum atomic E-state index is -0.658. The van der Waals surface area contributed by atoms with Crippen LogP contribution in [-0.2, 0) is 14.3 Å². The lowest BCUT2D eigenvalue weighted by Crippen LogP contribution is -2.41. The van der Waals surface area contributed by atoms with E-state index in [1.807, 2.05) is 26.8 Å². The van der Waals surface area contributed by atoms with Crippen molar-refractivity contribution in [1.29, 1.82) is 0 Å². The van der Waals surface area contributed by atoms with Crippen LogP contribution >= 0.6 is 0 Å². The van der Waals surface area contributed by atoms with Crippen molar-refractivity contribution in [1.82, 2.24) is 5.32 Å². The third-order valence-corrected chi connectivity index (χ3v) is 2.52. The van der Waals surface area contributed by atoms with Gasteiger partial charge in [-0.3, -0.25) is 0 Å². The van der Waals surface area contributed by atoms with Crippen LogP contribution in [0.4, 0.5) is 4.79 Å². The zero-order chi connectivity index (χ0) is 14.7. The van der Waals surface area contributed by atoms with Gasteiger partial charge in [0.05, 0.1) is 13.7 Å². The Balaban J connectivity index is 4.23. The van der Waals surface area contributed by atoms with Gasteiger partial charge in [0.25, 0.3) is 0 Å². The Hall–Kier alpha value is -1.52. The number of methoxy groups -OCH3 is 1. The summed E-state index contributed by atoms with van der Waals surface area (Å²) in [6.07, 6.45) is 4.42. The predicted octanol–water partition coefficient (Wildman–Crippen LogP) is 2.80. The second-order valence-electron chi connectivity index (χ2n) is 4.57. The number of hydrogen-bond acceptors (Lipinski definition) is 4. The van der Waals surface area contributed by atoms with Crippen molar-refractivity contribution in [3.63, 3.8) is 0 Å². The van der Waals surface area contributed by atoms with E-state index in [9.17, 15) is 9.59 Å². The molecule has 0 spiro atoms. The molecule has 1 amide bonds. The van der Waals surface area contributed by atoms with Crippen molar-refractivity contribution in [2.24, 2.45) is 0 Å². The van der Waals surface area contributed by atoms with Crippen LogP contribution < -0.4 is 5.32 Å². The molecule has 1 N–H and O–H groups in total. The molecule has 1 unspecified atom stereocenters. The molecule has 5 nitrogen and oxygen atoms in total. The van der Waals surface area contributed by atoms with Gasteiger partial charge in [0.15, 0.2) is 0 Å². The molecule has 0 aromatic heterocycles. The Labute approximate surface area is 115 Å². The van der Waals surface area contributed by atoms with E-state index in [1.54, 1.807) is 0 Å². The number of hydrogen-bond donors (Lipinski definition) is 1. The first-order chi connectivity index (χ1) is 9.01. The van der Waals surface area contributed by atoms with Gasteiger partial charge in [0.2, 0.25) is 0 Å². The Bertz CT molecular complexity index is 309. The van der Waals surface area contributed by atoms with E-state index >= 15 is 0 Å². The van der Waals surface area contributed by atoms with Crippen molar-refractivity contribution in [2.75, 3.05) is 13.7 Å². The number of esters is 1. The molecule has 19 heavy (non-hydrogen) atoms. The summed E-state index contributed by atoms with van der Waals surface area (Å²) in [5, 5.41) is 2.54. The van der Waals surface area contributed by atoms with Gasteiger partial charge in [-0.2, -0.15) is 0 Å². The van der Waals surface area contributed by atoms with Crippen LogP contribution in [0.5, 0.6) is 0 Å². The molecule has 0 aromatic carbocycles. The molecule has 0 radical (unpaired) electrons. The zero-order valence-corrected chi connectivity index (χ0v) is 12.3.